The third-order valence-electron chi connectivity index (χ3n) is 4.53. The molecule has 1 saturated carbocycles. The van der Waals surface area contributed by atoms with Crippen LogP contribution in [0, 0.1) is 12.8 Å². The van der Waals surface area contributed by atoms with E-state index in [1.165, 1.54) is 11.1 Å². The first kappa shape index (κ1) is 18.6. The van der Waals surface area contributed by atoms with E-state index in [1.807, 2.05) is 6.92 Å². The van der Waals surface area contributed by atoms with Gasteiger partial charge in [-0.25, -0.2) is 0 Å². The van der Waals surface area contributed by atoms with Gasteiger partial charge in [0.1, 0.15) is 0 Å². The first-order valence-corrected chi connectivity index (χ1v) is 8.48. The van der Waals surface area contributed by atoms with E-state index in [0.29, 0.717) is 18.9 Å². The minimum atomic E-state index is -4.09. The Kier molecular flexibility index (Phi) is 6.52. The third kappa shape index (κ3) is 5.73. The summed E-state index contributed by atoms with van der Waals surface area (Å²) in [5.41, 5.74) is 2.44. The fraction of sp³-hybridized carbons (Fsp3) is 0.611. The van der Waals surface area contributed by atoms with Crippen LogP contribution in [0.1, 0.15) is 36.8 Å². The van der Waals surface area contributed by atoms with Gasteiger partial charge >= 0.3 is 6.18 Å². The molecule has 2 rings (SSSR count). The molecular weight excluding hydrogens is 315 g/mol. The normalized spacial score (nSPS) is 22.3. The van der Waals surface area contributed by atoms with Crippen LogP contribution in [0.25, 0.3) is 0 Å². The highest BCUT2D eigenvalue weighted by atomic mass is 19.4. The molecule has 0 spiro atoms. The maximum atomic E-state index is 12.9. The molecule has 1 aromatic carbocycles. The SMILES string of the molecule is CN=C(NCCc1ccc(C)cc1)NC1CCCC(C(F)(F)F)C1. The molecule has 0 aliphatic heterocycles. The lowest BCUT2D eigenvalue weighted by Crippen LogP contribution is -2.47. The molecule has 0 saturated heterocycles. The van der Waals surface area contributed by atoms with Crippen LogP contribution >= 0.6 is 0 Å². The van der Waals surface area contributed by atoms with Crippen LogP contribution in [0.4, 0.5) is 13.2 Å². The van der Waals surface area contributed by atoms with Crippen LogP contribution in [-0.4, -0.2) is 31.8 Å². The number of aliphatic imine (C=N–C) groups is 1. The standard InChI is InChI=1S/C18H26F3N3/c1-13-6-8-14(9-7-13)10-11-23-17(22-2)24-16-5-3-4-15(12-16)18(19,20)21/h6-9,15-16H,3-5,10-12H2,1-2H3,(H2,22,23,24). The van der Waals surface area contributed by atoms with Gasteiger partial charge in [0.15, 0.2) is 5.96 Å². The Labute approximate surface area is 141 Å². The van der Waals surface area contributed by atoms with Crippen LogP contribution in [0.2, 0.25) is 0 Å². The van der Waals surface area contributed by atoms with Crippen LogP contribution in [0.5, 0.6) is 0 Å². The minimum absolute atomic E-state index is 0.127. The summed E-state index contributed by atoms with van der Waals surface area (Å²) in [4.78, 5) is 4.13. The van der Waals surface area contributed by atoms with E-state index in [2.05, 4.69) is 39.9 Å². The first-order valence-electron chi connectivity index (χ1n) is 8.48. The Morgan fingerprint density at radius 1 is 1.21 bits per heavy atom. The molecule has 0 aromatic heterocycles. The number of guanidine groups is 1. The van der Waals surface area contributed by atoms with Crippen molar-refractivity contribution < 1.29 is 13.2 Å². The van der Waals surface area contributed by atoms with Crippen LogP contribution in [-0.2, 0) is 6.42 Å². The summed E-state index contributed by atoms with van der Waals surface area (Å²) in [5, 5.41) is 6.33. The highest BCUT2D eigenvalue weighted by Crippen LogP contribution is 2.37. The van der Waals surface area contributed by atoms with Crippen molar-refractivity contribution in [3.8, 4) is 0 Å². The average molecular weight is 341 g/mol. The fourth-order valence-corrected chi connectivity index (χ4v) is 3.09. The van der Waals surface area contributed by atoms with E-state index < -0.39 is 12.1 Å². The summed E-state index contributed by atoms with van der Waals surface area (Å²) in [6, 6.07) is 8.14. The molecule has 1 aromatic rings. The predicted octanol–water partition coefficient (Wildman–Crippen LogP) is 3.82. The Morgan fingerprint density at radius 2 is 1.92 bits per heavy atom. The summed E-state index contributed by atoms with van der Waals surface area (Å²) in [6.45, 7) is 2.74. The second-order valence-electron chi connectivity index (χ2n) is 6.48. The number of nitrogens with one attached hydrogen (secondary N) is 2. The van der Waals surface area contributed by atoms with Gasteiger partial charge in [-0.3, -0.25) is 4.99 Å². The van der Waals surface area contributed by atoms with Crippen LogP contribution in [0.3, 0.4) is 0 Å². The van der Waals surface area contributed by atoms with E-state index in [1.54, 1.807) is 7.05 Å². The molecule has 134 valence electrons. The number of aryl methyl sites for hydroxylation is 1. The zero-order valence-electron chi connectivity index (χ0n) is 14.3. The summed E-state index contributed by atoms with van der Waals surface area (Å²) in [6.07, 6.45) is -1.53. The monoisotopic (exact) mass is 341 g/mol. The van der Waals surface area contributed by atoms with Crippen LogP contribution in [0.15, 0.2) is 29.3 Å². The summed E-state index contributed by atoms with van der Waals surface area (Å²) in [7, 11) is 1.64. The van der Waals surface area contributed by atoms with Crippen molar-refractivity contribution in [3.63, 3.8) is 0 Å². The fourth-order valence-electron chi connectivity index (χ4n) is 3.09. The molecule has 0 bridgehead atoms. The van der Waals surface area contributed by atoms with E-state index >= 15 is 0 Å². The maximum absolute atomic E-state index is 12.9. The van der Waals surface area contributed by atoms with Gasteiger partial charge in [-0.15, -0.1) is 0 Å². The summed E-state index contributed by atoms with van der Waals surface area (Å²) >= 11 is 0. The molecule has 0 amide bonds. The smallest absolute Gasteiger partial charge is 0.356 e. The van der Waals surface area contributed by atoms with Gasteiger partial charge in [-0.1, -0.05) is 36.2 Å². The van der Waals surface area contributed by atoms with E-state index in [4.69, 9.17) is 0 Å². The van der Waals surface area contributed by atoms with E-state index in [0.717, 1.165) is 12.8 Å². The van der Waals surface area contributed by atoms with Gasteiger partial charge in [0.2, 0.25) is 0 Å². The van der Waals surface area contributed by atoms with Crippen molar-refractivity contribution in [3.05, 3.63) is 35.4 Å². The highest BCUT2D eigenvalue weighted by Gasteiger charge is 2.42. The molecule has 1 aliphatic rings. The lowest BCUT2D eigenvalue weighted by molar-refractivity contribution is -0.183. The maximum Gasteiger partial charge on any atom is 0.391 e. The molecule has 2 atom stereocenters. The summed E-state index contributed by atoms with van der Waals surface area (Å²) < 4.78 is 38.6. The molecule has 3 nitrogen and oxygen atoms in total. The Bertz CT molecular complexity index is 537. The van der Waals surface area contributed by atoms with Gasteiger partial charge in [0.25, 0.3) is 0 Å². The second-order valence-corrected chi connectivity index (χ2v) is 6.48. The number of hydrogen-bond donors (Lipinski definition) is 2. The van der Waals surface area contributed by atoms with Crippen LogP contribution < -0.4 is 10.6 Å². The zero-order chi connectivity index (χ0) is 17.6. The Hall–Kier alpha value is -1.72. The largest absolute Gasteiger partial charge is 0.391 e. The lowest BCUT2D eigenvalue weighted by Gasteiger charge is -2.31. The van der Waals surface area contributed by atoms with E-state index in [-0.39, 0.29) is 18.9 Å². The predicted molar refractivity (Wildman–Crippen MR) is 91.2 cm³/mol. The van der Waals surface area contributed by atoms with Gasteiger partial charge in [-0.2, -0.15) is 13.2 Å². The molecule has 0 heterocycles. The average Bonchev–Trinajstić information content (AvgIpc) is 2.55. The highest BCUT2D eigenvalue weighted by molar-refractivity contribution is 5.79. The topological polar surface area (TPSA) is 36.4 Å². The van der Waals surface area contributed by atoms with Crippen molar-refractivity contribution in [1.29, 1.82) is 0 Å². The number of alkyl halides is 3. The molecule has 24 heavy (non-hydrogen) atoms. The first-order chi connectivity index (χ1) is 11.4. The Morgan fingerprint density at radius 3 is 2.54 bits per heavy atom. The molecule has 1 fully saturated rings. The lowest BCUT2D eigenvalue weighted by atomic mass is 9.85. The number of hydrogen-bond acceptors (Lipinski definition) is 1. The quantitative estimate of drug-likeness (QED) is 0.645. The molecule has 0 radical (unpaired) electrons. The van der Waals surface area contributed by atoms with Gasteiger partial charge in [0, 0.05) is 19.6 Å². The van der Waals surface area contributed by atoms with Gasteiger partial charge < -0.3 is 10.6 Å². The summed E-state index contributed by atoms with van der Waals surface area (Å²) in [5.74, 6) is -0.621. The van der Waals surface area contributed by atoms with E-state index in [9.17, 15) is 13.2 Å². The van der Waals surface area contributed by atoms with Crippen molar-refractivity contribution >= 4 is 5.96 Å². The molecular formula is C18H26F3N3. The Balaban J connectivity index is 1.78. The number of rotatable bonds is 4. The van der Waals surface area contributed by atoms with Gasteiger partial charge in [-0.05, 0) is 38.2 Å². The molecule has 1 aliphatic carbocycles. The molecule has 6 heteroatoms. The third-order valence-corrected chi connectivity index (χ3v) is 4.53. The van der Waals surface area contributed by atoms with Crippen molar-refractivity contribution in [2.24, 2.45) is 10.9 Å². The zero-order valence-corrected chi connectivity index (χ0v) is 14.3. The number of halogens is 3. The molecule has 2 unspecified atom stereocenters. The van der Waals surface area contributed by atoms with Crippen molar-refractivity contribution in [2.45, 2.75) is 51.2 Å². The van der Waals surface area contributed by atoms with Crippen molar-refractivity contribution in [2.75, 3.05) is 13.6 Å². The second kappa shape index (κ2) is 8.40. The number of nitrogens with zero attached hydrogens (tertiary/aromatic N) is 1. The minimum Gasteiger partial charge on any atom is -0.356 e. The van der Waals surface area contributed by atoms with Crippen molar-refractivity contribution in [1.82, 2.24) is 10.6 Å². The number of benzene rings is 1. The van der Waals surface area contributed by atoms with Gasteiger partial charge in [0.05, 0.1) is 5.92 Å². The molecule has 2 N–H and O–H groups in total.